The lowest BCUT2D eigenvalue weighted by molar-refractivity contribution is -0.141. The average molecular weight is 366 g/mol. The van der Waals surface area contributed by atoms with E-state index < -0.39 is 21.4 Å². The van der Waals surface area contributed by atoms with E-state index in [4.69, 9.17) is 11.2 Å². The van der Waals surface area contributed by atoms with Crippen molar-refractivity contribution in [3.63, 3.8) is 0 Å². The molecule has 1 heterocycles. The number of hydrogen-bond acceptors (Lipinski definition) is 4. The van der Waals surface area contributed by atoms with Gasteiger partial charge >= 0.3 is 5.97 Å². The van der Waals surface area contributed by atoms with Gasteiger partial charge in [-0.15, -0.1) is 6.42 Å². The molecule has 0 fully saturated rings. The predicted octanol–water partition coefficient (Wildman–Crippen LogP) is 3.32. The first-order valence-corrected chi connectivity index (χ1v) is 9.88. The van der Waals surface area contributed by atoms with E-state index >= 15 is 0 Å². The Bertz CT molecular complexity index is 1050. The molecule has 0 radical (unpaired) electrons. The third kappa shape index (κ3) is 3.16. The van der Waals surface area contributed by atoms with Crippen LogP contribution in [0, 0.1) is 12.3 Å². The number of carbonyl (C=O) groups excluding carboxylic acids is 1. The molecule has 0 unspecified atom stereocenters. The minimum Gasteiger partial charge on any atom is -0.451 e. The summed E-state index contributed by atoms with van der Waals surface area (Å²) >= 11 is 0. The highest BCUT2D eigenvalue weighted by Crippen LogP contribution is 2.43. The van der Waals surface area contributed by atoms with Gasteiger partial charge in [-0.2, -0.15) is 0 Å². The molecule has 0 saturated heterocycles. The zero-order valence-electron chi connectivity index (χ0n) is 14.7. The van der Waals surface area contributed by atoms with Gasteiger partial charge in [0, 0.05) is 17.4 Å². The largest absolute Gasteiger partial charge is 0.451 e. The molecule has 0 atom stereocenters. The van der Waals surface area contributed by atoms with Gasteiger partial charge in [0.25, 0.3) is 0 Å². The van der Waals surface area contributed by atoms with E-state index in [-0.39, 0.29) is 4.90 Å². The Hall–Kier alpha value is -2.84. The van der Waals surface area contributed by atoms with E-state index in [1.165, 1.54) is 12.1 Å². The third-order valence-corrected chi connectivity index (χ3v) is 5.44. The lowest BCUT2D eigenvalue weighted by Gasteiger charge is -2.21. The Balaban J connectivity index is 2.19. The highest BCUT2D eigenvalue weighted by atomic mass is 32.2. The van der Waals surface area contributed by atoms with Crippen LogP contribution in [0.2, 0.25) is 0 Å². The molecule has 0 amide bonds. The van der Waals surface area contributed by atoms with E-state index in [0.717, 1.165) is 23.0 Å². The third-order valence-electron chi connectivity index (χ3n) is 4.32. The molecular formula is C21H18O4S. The van der Waals surface area contributed by atoms with Crippen molar-refractivity contribution in [2.75, 3.05) is 6.26 Å². The molecule has 2 aromatic rings. The van der Waals surface area contributed by atoms with Crippen LogP contribution in [0.3, 0.4) is 0 Å². The molecule has 0 saturated carbocycles. The molecule has 5 heteroatoms. The van der Waals surface area contributed by atoms with Crippen molar-refractivity contribution in [1.82, 2.24) is 0 Å². The molecule has 0 spiro atoms. The highest BCUT2D eigenvalue weighted by molar-refractivity contribution is 7.90. The molecule has 4 nitrogen and oxygen atoms in total. The quantitative estimate of drug-likeness (QED) is 0.618. The Morgan fingerprint density at radius 2 is 1.50 bits per heavy atom. The van der Waals surface area contributed by atoms with Crippen molar-refractivity contribution in [2.24, 2.45) is 0 Å². The maximum atomic E-state index is 12.5. The van der Waals surface area contributed by atoms with Crippen molar-refractivity contribution in [3.05, 3.63) is 65.2 Å². The molecule has 2 aromatic carbocycles. The minimum atomic E-state index is -3.29. The van der Waals surface area contributed by atoms with E-state index in [2.05, 4.69) is 5.92 Å². The van der Waals surface area contributed by atoms with Crippen LogP contribution < -0.4 is 0 Å². The number of carbonyl (C=O) groups is 1. The fourth-order valence-electron chi connectivity index (χ4n) is 3.09. The van der Waals surface area contributed by atoms with Gasteiger partial charge < -0.3 is 4.74 Å². The summed E-state index contributed by atoms with van der Waals surface area (Å²) in [6.07, 6.45) is 6.55. The van der Waals surface area contributed by atoms with Crippen molar-refractivity contribution in [1.29, 1.82) is 0 Å². The Kier molecular flexibility index (Phi) is 4.25. The standard InChI is InChI=1S/C21H18O4S/c1-5-14-6-8-15(9-7-14)18-19(21(2,3)25-20(18)22)16-10-12-17(13-11-16)26(4,23)24/h1,6-13H,2-4H3. The number of cyclic esters (lactones) is 1. The van der Waals surface area contributed by atoms with Gasteiger partial charge in [0.1, 0.15) is 5.60 Å². The van der Waals surface area contributed by atoms with Crippen LogP contribution in [0.4, 0.5) is 0 Å². The van der Waals surface area contributed by atoms with Gasteiger partial charge in [0.2, 0.25) is 0 Å². The molecule has 3 rings (SSSR count). The normalized spacial score (nSPS) is 16.3. The second-order valence-corrected chi connectivity index (χ2v) is 8.68. The number of terminal acetylenes is 1. The predicted molar refractivity (Wildman–Crippen MR) is 101 cm³/mol. The monoisotopic (exact) mass is 366 g/mol. The summed E-state index contributed by atoms with van der Waals surface area (Å²) in [7, 11) is -3.29. The lowest BCUT2D eigenvalue weighted by atomic mass is 9.87. The molecule has 1 aliphatic rings. The first-order valence-electron chi connectivity index (χ1n) is 7.99. The van der Waals surface area contributed by atoms with E-state index in [1.54, 1.807) is 36.4 Å². The smallest absolute Gasteiger partial charge is 0.340 e. The van der Waals surface area contributed by atoms with Gasteiger partial charge in [-0.1, -0.05) is 30.2 Å². The summed E-state index contributed by atoms with van der Waals surface area (Å²) in [6, 6.07) is 13.6. The van der Waals surface area contributed by atoms with Gasteiger partial charge in [-0.05, 0) is 49.2 Å². The van der Waals surface area contributed by atoms with Gasteiger partial charge in [0.05, 0.1) is 10.5 Å². The number of sulfone groups is 1. The van der Waals surface area contributed by atoms with Crippen molar-refractivity contribution >= 4 is 27.0 Å². The van der Waals surface area contributed by atoms with Gasteiger partial charge in [-0.3, -0.25) is 0 Å². The van der Waals surface area contributed by atoms with Crippen molar-refractivity contribution in [2.45, 2.75) is 24.3 Å². The average Bonchev–Trinajstić information content (AvgIpc) is 2.83. The number of benzene rings is 2. The Morgan fingerprint density at radius 1 is 0.962 bits per heavy atom. The zero-order chi connectivity index (χ0) is 19.1. The lowest BCUT2D eigenvalue weighted by Crippen LogP contribution is -2.22. The van der Waals surface area contributed by atoms with Crippen LogP contribution in [0.5, 0.6) is 0 Å². The second kappa shape index (κ2) is 6.15. The zero-order valence-corrected chi connectivity index (χ0v) is 15.6. The number of ether oxygens (including phenoxy) is 1. The summed E-state index contributed by atoms with van der Waals surface area (Å²) in [6.45, 7) is 3.63. The van der Waals surface area contributed by atoms with Crippen LogP contribution in [0.25, 0.3) is 11.1 Å². The van der Waals surface area contributed by atoms with Gasteiger partial charge in [-0.25, -0.2) is 13.2 Å². The van der Waals surface area contributed by atoms with Gasteiger partial charge in [0.15, 0.2) is 9.84 Å². The summed E-state index contributed by atoms with van der Waals surface area (Å²) < 4.78 is 28.9. The van der Waals surface area contributed by atoms with E-state index in [9.17, 15) is 13.2 Å². The van der Waals surface area contributed by atoms with Crippen LogP contribution >= 0.6 is 0 Å². The Morgan fingerprint density at radius 3 is 2.00 bits per heavy atom. The van der Waals surface area contributed by atoms with Crippen molar-refractivity contribution < 1.29 is 17.9 Å². The molecule has 0 aliphatic carbocycles. The first-order chi connectivity index (χ1) is 12.1. The first kappa shape index (κ1) is 18.0. The van der Waals surface area contributed by atoms with E-state index in [0.29, 0.717) is 11.1 Å². The number of hydrogen-bond donors (Lipinski definition) is 0. The highest BCUT2D eigenvalue weighted by Gasteiger charge is 2.41. The molecule has 0 aromatic heterocycles. The summed E-state index contributed by atoms with van der Waals surface area (Å²) in [5.74, 6) is 2.13. The SMILES string of the molecule is C#Cc1ccc(C2=C(c3ccc(S(C)(=O)=O)cc3)C(C)(C)OC2=O)cc1. The topological polar surface area (TPSA) is 60.4 Å². The number of esters is 1. The molecule has 0 bridgehead atoms. The number of rotatable bonds is 3. The molecule has 0 N–H and O–H groups in total. The van der Waals surface area contributed by atoms with Crippen LogP contribution in [-0.4, -0.2) is 26.2 Å². The van der Waals surface area contributed by atoms with Crippen LogP contribution in [0.1, 0.15) is 30.5 Å². The summed E-state index contributed by atoms with van der Waals surface area (Å²) in [4.78, 5) is 12.8. The van der Waals surface area contributed by atoms with Crippen molar-refractivity contribution in [3.8, 4) is 12.3 Å². The fraction of sp³-hybridized carbons (Fsp3) is 0.190. The molecule has 1 aliphatic heterocycles. The van der Waals surface area contributed by atoms with Crippen LogP contribution in [-0.2, 0) is 19.4 Å². The maximum absolute atomic E-state index is 12.5. The molecular weight excluding hydrogens is 348 g/mol. The summed E-state index contributed by atoms with van der Waals surface area (Å²) in [5.41, 5.74) is 2.52. The maximum Gasteiger partial charge on any atom is 0.340 e. The minimum absolute atomic E-state index is 0.227. The molecule has 26 heavy (non-hydrogen) atoms. The Labute approximate surface area is 153 Å². The fourth-order valence-corrected chi connectivity index (χ4v) is 3.72. The van der Waals surface area contributed by atoms with Crippen LogP contribution in [0.15, 0.2) is 53.4 Å². The van der Waals surface area contributed by atoms with E-state index in [1.807, 2.05) is 13.8 Å². The molecule has 132 valence electrons. The second-order valence-electron chi connectivity index (χ2n) is 6.67. The summed E-state index contributed by atoms with van der Waals surface area (Å²) in [5, 5.41) is 0.